The van der Waals surface area contributed by atoms with E-state index in [0.29, 0.717) is 29.0 Å². The van der Waals surface area contributed by atoms with E-state index in [1.54, 1.807) is 0 Å². The fourth-order valence-electron chi connectivity index (χ4n) is 4.87. The number of rotatable bonds is 8. The maximum Gasteiger partial charge on any atom is 0.315 e. The molecule has 3 aliphatic rings. The number of nitrogens with zero attached hydrogens (tertiary/aromatic N) is 3. The van der Waals surface area contributed by atoms with Crippen LogP contribution in [0.4, 0.5) is 11.4 Å². The molecule has 2 aromatic rings. The van der Waals surface area contributed by atoms with Gasteiger partial charge in [0, 0.05) is 38.7 Å². The Labute approximate surface area is 223 Å². The van der Waals surface area contributed by atoms with Crippen molar-refractivity contribution in [3.05, 3.63) is 52.0 Å². The number of hydrogen-bond donors (Lipinski definition) is 0. The van der Waals surface area contributed by atoms with Crippen molar-refractivity contribution in [2.24, 2.45) is 10.9 Å². The summed E-state index contributed by atoms with van der Waals surface area (Å²) in [6.07, 6.45) is 6.58. The van der Waals surface area contributed by atoms with E-state index in [4.69, 9.17) is 32.7 Å². The minimum absolute atomic E-state index is 0.0640. The van der Waals surface area contributed by atoms with Crippen LogP contribution in [0.2, 0.25) is 10.0 Å². The fourth-order valence-corrected chi connectivity index (χ4v) is 5.29. The first kappa shape index (κ1) is 25.4. The first-order valence-corrected chi connectivity index (χ1v) is 13.8. The maximum atomic E-state index is 12.2. The number of esters is 1. The van der Waals surface area contributed by atoms with Crippen molar-refractivity contribution < 1.29 is 14.3 Å². The molecular formula is C28H33Cl2N3O3. The highest BCUT2D eigenvalue weighted by atomic mass is 35.5. The molecule has 2 aromatic carbocycles. The summed E-state index contributed by atoms with van der Waals surface area (Å²) in [4.78, 5) is 21.6. The number of halogens is 2. The monoisotopic (exact) mass is 529 g/mol. The quantitative estimate of drug-likeness (QED) is 0.297. The molecule has 2 aliphatic heterocycles. The minimum Gasteiger partial charge on any atom is -0.494 e. The smallest absolute Gasteiger partial charge is 0.315 e. The molecule has 0 N–H and O–H groups in total. The van der Waals surface area contributed by atoms with Crippen molar-refractivity contribution in [1.82, 2.24) is 4.90 Å². The van der Waals surface area contributed by atoms with Gasteiger partial charge in [0.15, 0.2) is 5.90 Å². The van der Waals surface area contributed by atoms with Gasteiger partial charge in [0.2, 0.25) is 0 Å². The second-order valence-electron chi connectivity index (χ2n) is 9.80. The molecule has 1 saturated carbocycles. The predicted molar refractivity (Wildman–Crippen MR) is 145 cm³/mol. The predicted octanol–water partition coefficient (Wildman–Crippen LogP) is 6.29. The van der Waals surface area contributed by atoms with Crippen LogP contribution in [0.1, 0.15) is 44.1 Å². The molecule has 0 radical (unpaired) electrons. The number of ether oxygens (including phenoxy) is 2. The van der Waals surface area contributed by atoms with E-state index in [-0.39, 0.29) is 11.9 Å². The Hall–Kier alpha value is -2.28. The van der Waals surface area contributed by atoms with E-state index in [2.05, 4.69) is 20.9 Å². The number of aryl methyl sites for hydroxylation is 1. The summed E-state index contributed by atoms with van der Waals surface area (Å²) < 4.78 is 11.6. The minimum atomic E-state index is -0.120. The Morgan fingerprint density at radius 1 is 1.03 bits per heavy atom. The highest BCUT2D eigenvalue weighted by Gasteiger charge is 2.28. The van der Waals surface area contributed by atoms with Crippen molar-refractivity contribution in [2.75, 3.05) is 44.2 Å². The number of unbranched alkanes of at least 4 members (excludes halogenated alkanes) is 1. The van der Waals surface area contributed by atoms with Gasteiger partial charge in [-0.05, 0) is 62.4 Å². The molecule has 6 nitrogen and oxygen atoms in total. The number of anilines is 1. The summed E-state index contributed by atoms with van der Waals surface area (Å²) in [7, 11) is 0. The van der Waals surface area contributed by atoms with Gasteiger partial charge in [0.05, 0.1) is 33.9 Å². The summed E-state index contributed by atoms with van der Waals surface area (Å²) >= 11 is 12.6. The summed E-state index contributed by atoms with van der Waals surface area (Å²) in [5, 5.41) is 1.25. The van der Waals surface area contributed by atoms with Crippen LogP contribution in [0.3, 0.4) is 0 Å². The maximum absolute atomic E-state index is 12.2. The number of hydrogen-bond acceptors (Lipinski definition) is 6. The number of benzene rings is 2. The van der Waals surface area contributed by atoms with Crippen molar-refractivity contribution in [3.63, 3.8) is 0 Å². The molecule has 5 rings (SSSR count). The lowest BCUT2D eigenvalue weighted by Crippen LogP contribution is -2.46. The molecule has 8 heteroatoms. The molecule has 2 heterocycles. The second-order valence-corrected chi connectivity index (χ2v) is 10.6. The van der Waals surface area contributed by atoms with E-state index in [0.717, 1.165) is 88.4 Å². The number of carbonyl (C=O) groups is 1. The van der Waals surface area contributed by atoms with Crippen molar-refractivity contribution in [1.29, 1.82) is 0 Å². The lowest BCUT2D eigenvalue weighted by Gasteiger charge is -2.36. The number of fused-ring (bicyclic) bond motifs is 1. The van der Waals surface area contributed by atoms with Crippen LogP contribution in [0.15, 0.2) is 41.4 Å². The normalized spacial score (nSPS) is 18.3. The summed E-state index contributed by atoms with van der Waals surface area (Å²) in [6, 6.07) is 11.9. The van der Waals surface area contributed by atoms with Gasteiger partial charge in [-0.2, -0.15) is 0 Å². The van der Waals surface area contributed by atoms with Gasteiger partial charge in [-0.1, -0.05) is 41.8 Å². The van der Waals surface area contributed by atoms with Gasteiger partial charge in [-0.15, -0.1) is 0 Å². The highest BCUT2D eigenvalue weighted by Crippen LogP contribution is 2.34. The molecule has 0 unspecified atom stereocenters. The lowest BCUT2D eigenvalue weighted by molar-refractivity contribution is -0.143. The Kier molecular flexibility index (Phi) is 8.35. The third kappa shape index (κ3) is 6.16. The number of carbonyl (C=O) groups excluding carboxylic acids is 1. The van der Waals surface area contributed by atoms with E-state index in [1.165, 1.54) is 5.56 Å². The zero-order chi connectivity index (χ0) is 24.9. The molecule has 0 atom stereocenters. The van der Waals surface area contributed by atoms with Gasteiger partial charge in [0.25, 0.3) is 0 Å². The molecule has 1 aliphatic carbocycles. The van der Waals surface area contributed by atoms with Crippen LogP contribution in [-0.4, -0.2) is 56.1 Å². The molecule has 36 heavy (non-hydrogen) atoms. The lowest BCUT2D eigenvalue weighted by atomic mass is 9.86. The van der Waals surface area contributed by atoms with Crippen molar-refractivity contribution in [2.45, 2.75) is 44.9 Å². The van der Waals surface area contributed by atoms with Crippen LogP contribution < -0.4 is 9.64 Å². The van der Waals surface area contributed by atoms with Crippen LogP contribution in [-0.2, 0) is 16.0 Å². The Balaban J connectivity index is 1.03. The number of piperazine rings is 1. The molecule has 2 fully saturated rings. The van der Waals surface area contributed by atoms with E-state index in [1.807, 2.05) is 30.3 Å². The largest absolute Gasteiger partial charge is 0.494 e. The van der Waals surface area contributed by atoms with Gasteiger partial charge in [-0.25, -0.2) is 4.99 Å². The average Bonchev–Trinajstić information content (AvgIpc) is 2.85. The zero-order valence-corrected chi connectivity index (χ0v) is 22.1. The first-order chi connectivity index (χ1) is 17.6. The average molecular weight is 530 g/mol. The molecule has 0 amide bonds. The van der Waals surface area contributed by atoms with Gasteiger partial charge in [0.1, 0.15) is 5.75 Å². The fraction of sp³-hybridized carbons (Fsp3) is 0.500. The zero-order valence-electron chi connectivity index (χ0n) is 20.6. The van der Waals surface area contributed by atoms with Crippen LogP contribution in [0.5, 0.6) is 5.75 Å². The van der Waals surface area contributed by atoms with Crippen LogP contribution >= 0.6 is 23.2 Å². The molecular weight excluding hydrogens is 497 g/mol. The summed E-state index contributed by atoms with van der Waals surface area (Å²) in [6.45, 7) is 5.66. The van der Waals surface area contributed by atoms with Crippen molar-refractivity contribution >= 4 is 46.4 Å². The molecule has 1 saturated heterocycles. The first-order valence-electron chi connectivity index (χ1n) is 13.0. The Bertz CT molecular complexity index is 1110. The molecule has 0 aromatic heterocycles. The van der Waals surface area contributed by atoms with E-state index >= 15 is 0 Å². The van der Waals surface area contributed by atoms with E-state index < -0.39 is 0 Å². The Morgan fingerprint density at radius 3 is 2.64 bits per heavy atom. The topological polar surface area (TPSA) is 54.4 Å². The summed E-state index contributed by atoms with van der Waals surface area (Å²) in [5.41, 5.74) is 3.05. The highest BCUT2D eigenvalue weighted by molar-refractivity contribution is 6.43. The van der Waals surface area contributed by atoms with Crippen molar-refractivity contribution in [3.8, 4) is 5.75 Å². The molecule has 0 bridgehead atoms. The summed E-state index contributed by atoms with van der Waals surface area (Å²) in [5.74, 6) is 1.30. The van der Waals surface area contributed by atoms with Gasteiger partial charge < -0.3 is 14.4 Å². The second kappa shape index (κ2) is 11.8. The van der Waals surface area contributed by atoms with Gasteiger partial charge >= 0.3 is 5.97 Å². The Morgan fingerprint density at radius 2 is 1.86 bits per heavy atom. The SMILES string of the molecule is O=C(OC1=Nc2cc(OCCCCN3CCN(c4cccc(Cl)c4Cl)CC3)ccc2CC1)C1CCC1. The molecule has 0 spiro atoms. The third-order valence-electron chi connectivity index (χ3n) is 7.35. The van der Waals surface area contributed by atoms with E-state index in [9.17, 15) is 4.79 Å². The number of aliphatic imine (C=N–C) groups is 1. The third-order valence-corrected chi connectivity index (χ3v) is 8.16. The van der Waals surface area contributed by atoms with Crippen LogP contribution in [0.25, 0.3) is 0 Å². The standard InChI is InChI=1S/C28H33Cl2N3O3/c29-23-7-4-8-25(27(23)30)33-16-14-32(15-17-33)13-1-2-18-35-22-11-9-20-10-12-26(31-24(20)19-22)36-28(34)21-5-3-6-21/h4,7-9,11,19,21H,1-3,5-6,10,12-18H2. The molecule has 192 valence electrons. The van der Waals surface area contributed by atoms with Crippen LogP contribution in [0, 0.1) is 5.92 Å². The van der Waals surface area contributed by atoms with Gasteiger partial charge in [-0.3, -0.25) is 9.69 Å².